The number of fused-ring (bicyclic) bond motifs is 14. The molecular formula is C43H58N4O12. The molecule has 0 aliphatic carbocycles. The number of carbonyl (C=O) groups excluding carboxylic acids is 2. The molecule has 0 aromatic heterocycles. The molecule has 2 aromatic rings. The van der Waals surface area contributed by atoms with Crippen molar-refractivity contribution in [3.05, 3.63) is 52.8 Å². The zero-order valence-corrected chi connectivity index (χ0v) is 34.8. The van der Waals surface area contributed by atoms with Gasteiger partial charge in [0.15, 0.2) is 5.75 Å². The number of benzene rings is 2. The Labute approximate surface area is 343 Å². The van der Waals surface area contributed by atoms with Gasteiger partial charge in [-0.15, -0.1) is 0 Å². The summed E-state index contributed by atoms with van der Waals surface area (Å²) in [5.74, 6) is -10.4. The number of carboxylic acids is 1. The molecule has 6 rings (SSSR count). The van der Waals surface area contributed by atoms with E-state index in [2.05, 4.69) is 15.3 Å². The first-order valence-corrected chi connectivity index (χ1v) is 19.9. The van der Waals surface area contributed by atoms with Crippen molar-refractivity contribution in [1.82, 2.24) is 9.91 Å². The normalized spacial score (nSPS) is 32.1. The van der Waals surface area contributed by atoms with E-state index >= 15 is 0 Å². The molecule has 4 aliphatic heterocycles. The number of phenolic OH excluding ortho intramolecular Hbond substituents is 3. The van der Waals surface area contributed by atoms with Gasteiger partial charge in [-0.05, 0) is 44.7 Å². The number of hydrogen-bond acceptors (Lipinski definition) is 14. The molecule has 0 spiro atoms. The van der Waals surface area contributed by atoms with E-state index in [1.54, 1.807) is 44.9 Å². The molecule has 9 unspecified atom stereocenters. The number of carboxylic acid groups (broad SMARTS) is 1. The molecule has 1 amide bonds. The van der Waals surface area contributed by atoms with E-state index in [0.717, 1.165) is 6.26 Å². The van der Waals surface area contributed by atoms with Crippen LogP contribution in [0, 0.1) is 42.4 Å². The Morgan fingerprint density at radius 1 is 0.949 bits per heavy atom. The summed E-state index contributed by atoms with van der Waals surface area (Å²) in [6.07, 6.45) is 6.02. The highest BCUT2D eigenvalue weighted by atomic mass is 16.7. The van der Waals surface area contributed by atoms with Gasteiger partial charge in [0.05, 0.1) is 46.9 Å². The average molecular weight is 823 g/mol. The number of likely N-dealkylation sites (N-methyl/N-ethyl adjacent to an activating group) is 1. The predicted molar refractivity (Wildman–Crippen MR) is 220 cm³/mol. The number of carbonyl (C=O) groups is 3. The maximum absolute atomic E-state index is 14.4. The van der Waals surface area contributed by atoms with E-state index < -0.39 is 95.0 Å². The Morgan fingerprint density at radius 2 is 1.61 bits per heavy atom. The molecule has 322 valence electrons. The Morgan fingerprint density at radius 3 is 2.24 bits per heavy atom. The molecule has 0 saturated carbocycles. The first kappa shape index (κ1) is 44.9. The Kier molecular flexibility index (Phi) is 13.7. The zero-order chi connectivity index (χ0) is 43.7. The smallest absolute Gasteiger partial charge is 0.312 e. The zero-order valence-electron chi connectivity index (χ0n) is 34.8. The van der Waals surface area contributed by atoms with E-state index in [0.29, 0.717) is 26.2 Å². The molecule has 4 aliphatic rings. The minimum absolute atomic E-state index is 0.0335. The molecule has 1 fully saturated rings. The van der Waals surface area contributed by atoms with E-state index in [9.17, 15) is 50.1 Å². The number of aliphatic hydroxyl groups is 3. The highest BCUT2D eigenvalue weighted by Crippen LogP contribution is 2.55. The third-order valence-electron chi connectivity index (χ3n) is 12.4. The fourth-order valence-corrected chi connectivity index (χ4v) is 8.24. The van der Waals surface area contributed by atoms with Crippen LogP contribution in [0.4, 0.5) is 5.69 Å². The van der Waals surface area contributed by atoms with E-state index in [-0.39, 0.29) is 50.9 Å². The van der Waals surface area contributed by atoms with Crippen LogP contribution in [-0.4, -0.2) is 127 Å². The van der Waals surface area contributed by atoms with Crippen LogP contribution in [-0.2, 0) is 14.3 Å². The lowest BCUT2D eigenvalue weighted by Gasteiger charge is -2.38. The predicted octanol–water partition coefficient (Wildman–Crippen LogP) is 4.09. The number of nitrogens with zero attached hydrogens (tertiary/aromatic N) is 3. The van der Waals surface area contributed by atoms with Crippen molar-refractivity contribution in [2.24, 2.45) is 40.6 Å². The molecule has 1 saturated heterocycles. The molecule has 4 heterocycles. The number of piperazine rings is 1. The van der Waals surface area contributed by atoms with E-state index in [4.69, 9.17) is 9.47 Å². The highest BCUT2D eigenvalue weighted by molar-refractivity contribution is 6.23. The lowest BCUT2D eigenvalue weighted by molar-refractivity contribution is -0.140. The van der Waals surface area contributed by atoms with Crippen LogP contribution in [0.3, 0.4) is 0 Å². The van der Waals surface area contributed by atoms with Crippen molar-refractivity contribution in [2.45, 2.75) is 72.9 Å². The van der Waals surface area contributed by atoms with Crippen molar-refractivity contribution in [3.63, 3.8) is 0 Å². The van der Waals surface area contributed by atoms with Crippen molar-refractivity contribution < 1.29 is 59.6 Å². The monoisotopic (exact) mass is 822 g/mol. The number of Topliss-reactive ketones (excluding diaryl/α,β-unsaturated/α-hetero) is 1. The number of aromatic hydroxyl groups is 3. The molecule has 2 aromatic carbocycles. The van der Waals surface area contributed by atoms with Gasteiger partial charge in [0, 0.05) is 80.4 Å². The molecule has 16 nitrogen and oxygen atoms in total. The van der Waals surface area contributed by atoms with Crippen LogP contribution in [0.15, 0.2) is 41.2 Å². The first-order chi connectivity index (χ1) is 27.7. The van der Waals surface area contributed by atoms with Gasteiger partial charge in [-0.1, -0.05) is 45.9 Å². The number of amides is 1. The Balaban J connectivity index is 1.70. The number of aliphatic carboxylic acids is 1. The molecule has 9 atom stereocenters. The molecule has 5 bridgehead atoms. The lowest BCUT2D eigenvalue weighted by Crippen LogP contribution is -2.42. The summed E-state index contributed by atoms with van der Waals surface area (Å²) >= 11 is 0. The van der Waals surface area contributed by atoms with Crippen molar-refractivity contribution in [1.29, 1.82) is 0 Å². The average Bonchev–Trinajstić information content (AvgIpc) is 3.46. The molecule has 8 N–H and O–H groups in total. The summed E-state index contributed by atoms with van der Waals surface area (Å²) in [7, 11) is 1.98. The standard InChI is InChI=1S/C43H58N4O12/c1-21-10-9-11-22(2)42(57)45-34-29(19-44-47-15-13-46(8)14-16-47)38(54)31-32(39(34)55)37(53)26(6)40-33(31)41(56)43(7,59-40)58-17-12-27(20-48)23(3)28(18-30(49)50)24(4)36(52)25(5)35(21)51/h9-12,17,19,21,23-25,27-28,35-36,48,51-55H,13-16,18,20H2,1-8H3,(H,45,57)(H,49,50)/b10-9+,17-12+,22-11-,44-19+. The number of anilines is 1. The summed E-state index contributed by atoms with van der Waals surface area (Å²) in [6, 6.07) is 0. The van der Waals surface area contributed by atoms with Gasteiger partial charge in [0.25, 0.3) is 11.7 Å². The topological polar surface area (TPSA) is 242 Å². The minimum Gasteiger partial charge on any atom is -0.507 e. The SMILES string of the molecule is C/C1=C/C=C/C(C)C(O)C(C)C(O)C(C)C(CC(=O)O)C(C)C(CO)/C=C/OC2(C)Oc3c(C)c(O)c4c(O)c(c(/C=N/N5CCN(C)CC5)c(O)c4c3C2=O)NC1=O. The highest BCUT2D eigenvalue weighted by Gasteiger charge is 2.50. The van der Waals surface area contributed by atoms with E-state index in [1.165, 1.54) is 39.1 Å². The fourth-order valence-electron chi connectivity index (χ4n) is 8.24. The molecular weight excluding hydrogens is 764 g/mol. The van der Waals surface area contributed by atoms with Gasteiger partial charge in [-0.2, -0.15) is 5.10 Å². The van der Waals surface area contributed by atoms with Gasteiger partial charge in [-0.3, -0.25) is 19.4 Å². The second-order valence-corrected chi connectivity index (χ2v) is 16.5. The van der Waals surface area contributed by atoms with Gasteiger partial charge < -0.3 is 55.4 Å². The second-order valence-electron chi connectivity index (χ2n) is 16.5. The van der Waals surface area contributed by atoms with Crippen LogP contribution in [0.1, 0.15) is 69.4 Å². The second kappa shape index (κ2) is 18.0. The lowest BCUT2D eigenvalue weighted by atomic mass is 9.70. The Hall–Kier alpha value is -5.16. The maximum atomic E-state index is 14.4. The third kappa shape index (κ3) is 8.91. The van der Waals surface area contributed by atoms with Gasteiger partial charge in [-0.25, -0.2) is 0 Å². The van der Waals surface area contributed by atoms with Crippen LogP contribution in [0.2, 0.25) is 0 Å². The van der Waals surface area contributed by atoms with Gasteiger partial charge in [0.1, 0.15) is 17.2 Å². The molecule has 59 heavy (non-hydrogen) atoms. The number of nitrogens with one attached hydrogen (secondary N) is 1. The van der Waals surface area contributed by atoms with Crippen LogP contribution >= 0.6 is 0 Å². The number of ketones is 1. The summed E-state index contributed by atoms with van der Waals surface area (Å²) in [5, 5.41) is 87.1. The fraction of sp³-hybridized carbons (Fsp3) is 0.535. The van der Waals surface area contributed by atoms with Crippen molar-refractivity contribution in [3.8, 4) is 23.0 Å². The quantitative estimate of drug-likeness (QED) is 0.120. The number of hydrogen-bond donors (Lipinski definition) is 8. The summed E-state index contributed by atoms with van der Waals surface area (Å²) in [5.41, 5.74) is -0.447. The first-order valence-electron chi connectivity index (χ1n) is 19.9. The number of phenols is 3. The summed E-state index contributed by atoms with van der Waals surface area (Å²) in [6.45, 7) is 13.2. The van der Waals surface area contributed by atoms with Gasteiger partial charge in [0.2, 0.25) is 0 Å². The van der Waals surface area contributed by atoms with Crippen LogP contribution in [0.5, 0.6) is 23.0 Å². The Bertz CT molecular complexity index is 2070. The number of ether oxygens (including phenoxy) is 2. The number of allylic oxidation sites excluding steroid dienone is 2. The van der Waals surface area contributed by atoms with E-state index in [1.807, 2.05) is 7.05 Å². The number of aliphatic hydroxyl groups excluding tert-OH is 3. The largest absolute Gasteiger partial charge is 0.507 e. The number of hydrazone groups is 1. The van der Waals surface area contributed by atoms with Gasteiger partial charge >= 0.3 is 11.8 Å². The summed E-state index contributed by atoms with van der Waals surface area (Å²) < 4.78 is 12.0. The van der Waals surface area contributed by atoms with Crippen LogP contribution < -0.4 is 10.1 Å². The molecule has 16 heteroatoms. The third-order valence-corrected chi connectivity index (χ3v) is 12.4. The molecule has 0 radical (unpaired) electrons. The summed E-state index contributed by atoms with van der Waals surface area (Å²) in [4.78, 5) is 42.3. The van der Waals surface area contributed by atoms with Crippen LogP contribution in [0.25, 0.3) is 10.8 Å². The number of rotatable bonds is 5. The van der Waals surface area contributed by atoms with Crippen molar-refractivity contribution >= 4 is 40.3 Å². The van der Waals surface area contributed by atoms with Crippen molar-refractivity contribution in [2.75, 3.05) is 45.2 Å². The minimum atomic E-state index is -2.08. The maximum Gasteiger partial charge on any atom is 0.312 e.